The average molecular weight is 147 g/mol. The molecule has 6 heavy (non-hydrogen) atoms. The summed E-state index contributed by atoms with van der Waals surface area (Å²) in [5.74, 6) is 0. The van der Waals surface area contributed by atoms with Gasteiger partial charge in [0, 0.05) is 0 Å². The van der Waals surface area contributed by atoms with Gasteiger partial charge in [-0.15, -0.1) is 0 Å². The van der Waals surface area contributed by atoms with Crippen LogP contribution in [0.5, 0.6) is 0 Å². The van der Waals surface area contributed by atoms with Crippen molar-refractivity contribution in [3.63, 3.8) is 0 Å². The van der Waals surface area contributed by atoms with Gasteiger partial charge in [0.05, 0.1) is 16.5 Å². The molecule has 0 aliphatic rings. The lowest BCUT2D eigenvalue weighted by Gasteiger charge is -1.40. The third-order valence-electron chi connectivity index (χ3n) is 0. The van der Waals surface area contributed by atoms with Crippen LogP contribution in [0.2, 0.25) is 0 Å². The van der Waals surface area contributed by atoms with Crippen LogP contribution in [0.25, 0.3) is 0 Å². The van der Waals surface area contributed by atoms with Gasteiger partial charge in [-0.25, -0.2) is 0 Å². The average Bonchev–Trinajstić information content (AvgIpc) is 1.39. The van der Waals surface area contributed by atoms with E-state index >= 15 is 0 Å². The van der Waals surface area contributed by atoms with Crippen molar-refractivity contribution in [1.29, 1.82) is 5.41 Å². The molecule has 0 bridgehead atoms. The fraction of sp³-hybridized carbons (Fsp3) is 0. The van der Waals surface area contributed by atoms with Gasteiger partial charge in [-0.1, -0.05) is 0 Å². The SMILES string of the molecule is ClSCl.N=CN. The van der Waals surface area contributed by atoms with Crippen LogP contribution in [0.15, 0.2) is 0 Å². The second-order valence-corrected chi connectivity index (χ2v) is 1.74. The lowest BCUT2D eigenvalue weighted by atomic mass is 11.4. The molecule has 0 spiro atoms. The van der Waals surface area contributed by atoms with E-state index in [4.69, 9.17) is 5.41 Å². The highest BCUT2D eigenvalue weighted by Crippen LogP contribution is 2.08. The number of nitrogens with one attached hydrogen (secondary N) is 1. The van der Waals surface area contributed by atoms with Gasteiger partial charge in [0.1, 0.15) is 0 Å². The first-order valence-electron chi connectivity index (χ1n) is 0.931. The first-order valence-corrected chi connectivity index (χ1v) is 3.40. The fourth-order valence-electron chi connectivity index (χ4n) is 0. The summed E-state index contributed by atoms with van der Waals surface area (Å²) in [4.78, 5) is 0. The predicted molar refractivity (Wildman–Crippen MR) is 32.3 cm³/mol. The number of nitrogens with two attached hydrogens (primary N) is 1. The Balaban J connectivity index is 0. The zero-order valence-electron chi connectivity index (χ0n) is 2.82. The summed E-state index contributed by atoms with van der Waals surface area (Å²) in [6, 6.07) is 0. The van der Waals surface area contributed by atoms with Gasteiger partial charge >= 0.3 is 0 Å². The fourth-order valence-corrected chi connectivity index (χ4v) is 0. The molecule has 0 aromatic carbocycles. The highest BCUT2D eigenvalue weighted by molar-refractivity contribution is 8.38. The van der Waals surface area contributed by atoms with E-state index < -0.39 is 0 Å². The molecule has 0 radical (unpaired) electrons. The molecule has 0 atom stereocenters. The minimum absolute atomic E-state index is 0.694. The van der Waals surface area contributed by atoms with E-state index in [9.17, 15) is 0 Å². The van der Waals surface area contributed by atoms with Crippen LogP contribution in [-0.2, 0) is 0 Å². The summed E-state index contributed by atoms with van der Waals surface area (Å²) >= 11 is 0. The maximum Gasteiger partial charge on any atom is 0.0765 e. The third kappa shape index (κ3) is 318. The summed E-state index contributed by atoms with van der Waals surface area (Å²) in [6.45, 7) is 0. The Bertz CT molecular complexity index is 25.5. The van der Waals surface area contributed by atoms with Crippen LogP contribution >= 0.6 is 31.6 Å². The Labute approximate surface area is 49.5 Å². The van der Waals surface area contributed by atoms with Gasteiger partial charge in [-0.2, -0.15) is 0 Å². The number of halogens is 2. The van der Waals surface area contributed by atoms with Crippen molar-refractivity contribution in [3.8, 4) is 0 Å². The molecule has 0 saturated carbocycles. The molecule has 0 saturated heterocycles. The van der Waals surface area contributed by atoms with E-state index in [0.29, 0.717) is 10.2 Å². The predicted octanol–water partition coefficient (Wildman–Crippen LogP) is 1.58. The summed E-state index contributed by atoms with van der Waals surface area (Å²) in [7, 11) is 10.1. The van der Waals surface area contributed by atoms with E-state index in [1.54, 1.807) is 0 Å². The largest absolute Gasteiger partial charge is 0.390 e. The van der Waals surface area contributed by atoms with Crippen molar-refractivity contribution >= 4 is 37.9 Å². The third-order valence-corrected chi connectivity index (χ3v) is 0. The molecule has 0 aliphatic heterocycles. The molecule has 0 aromatic rings. The van der Waals surface area contributed by atoms with Crippen molar-refractivity contribution in [1.82, 2.24) is 0 Å². The molecule has 0 amide bonds. The van der Waals surface area contributed by atoms with Crippen LogP contribution in [0.4, 0.5) is 0 Å². The molecular weight excluding hydrogens is 143 g/mol. The molecule has 0 aliphatic carbocycles. The Hall–Kier alpha value is 0.400. The summed E-state index contributed by atoms with van der Waals surface area (Å²) in [5, 5.41) is 5.86. The topological polar surface area (TPSA) is 49.9 Å². The Morgan fingerprint density at radius 1 is 1.67 bits per heavy atom. The zero-order chi connectivity index (χ0) is 5.41. The van der Waals surface area contributed by atoms with Crippen LogP contribution in [0, 0.1) is 5.41 Å². The van der Waals surface area contributed by atoms with E-state index in [1.165, 1.54) is 0 Å². The molecule has 2 nitrogen and oxygen atoms in total. The van der Waals surface area contributed by atoms with Gasteiger partial charge in [0.2, 0.25) is 0 Å². The summed E-state index contributed by atoms with van der Waals surface area (Å²) in [6.07, 6.45) is 0.750. The molecule has 38 valence electrons. The van der Waals surface area contributed by atoms with E-state index in [1.807, 2.05) is 0 Å². The van der Waals surface area contributed by atoms with Gasteiger partial charge in [0.15, 0.2) is 0 Å². The molecule has 0 fully saturated rings. The second-order valence-electron chi connectivity index (χ2n) is 0.225. The van der Waals surface area contributed by atoms with Crippen molar-refractivity contribution in [2.45, 2.75) is 0 Å². The van der Waals surface area contributed by atoms with Gasteiger partial charge in [-0.3, -0.25) is 5.41 Å². The van der Waals surface area contributed by atoms with E-state index in [0.717, 1.165) is 6.34 Å². The molecule has 0 rings (SSSR count). The van der Waals surface area contributed by atoms with E-state index in [2.05, 4.69) is 27.1 Å². The maximum atomic E-state index is 5.86. The second kappa shape index (κ2) is 18.2. The summed E-state index contributed by atoms with van der Waals surface area (Å²) < 4.78 is 0. The molecule has 0 aromatic heterocycles. The van der Waals surface area contributed by atoms with Gasteiger partial charge in [-0.05, 0) is 21.4 Å². The van der Waals surface area contributed by atoms with Crippen LogP contribution in [0.1, 0.15) is 0 Å². The van der Waals surface area contributed by atoms with Crippen molar-refractivity contribution < 1.29 is 0 Å². The highest BCUT2D eigenvalue weighted by atomic mass is 36.0. The molecule has 0 unspecified atom stereocenters. The molecule has 3 N–H and O–H groups in total. The quantitative estimate of drug-likeness (QED) is 0.403. The highest BCUT2D eigenvalue weighted by Gasteiger charge is 1.43. The van der Waals surface area contributed by atoms with E-state index in [-0.39, 0.29) is 0 Å². The number of rotatable bonds is 0. The maximum absolute atomic E-state index is 5.86. The van der Waals surface area contributed by atoms with Crippen molar-refractivity contribution in [3.05, 3.63) is 0 Å². The normalized spacial score (nSPS) is 5.00. The molecule has 5 heteroatoms. The molecule has 0 heterocycles. The number of hydrogen-bond acceptors (Lipinski definition) is 2. The first-order chi connectivity index (χ1) is 2.83. The Morgan fingerprint density at radius 3 is 1.67 bits per heavy atom. The number of hydrogen-bond donors (Lipinski definition) is 2. The Kier molecular flexibility index (Phi) is 29.2. The lowest BCUT2D eigenvalue weighted by molar-refractivity contribution is 1.52. The van der Waals surface area contributed by atoms with Crippen molar-refractivity contribution in [2.24, 2.45) is 5.73 Å². The minimum Gasteiger partial charge on any atom is -0.390 e. The smallest absolute Gasteiger partial charge is 0.0765 e. The zero-order valence-corrected chi connectivity index (χ0v) is 5.15. The van der Waals surface area contributed by atoms with Gasteiger partial charge < -0.3 is 5.73 Å². The van der Waals surface area contributed by atoms with Crippen LogP contribution in [0.3, 0.4) is 0 Å². The monoisotopic (exact) mass is 146 g/mol. The van der Waals surface area contributed by atoms with Crippen molar-refractivity contribution in [2.75, 3.05) is 0 Å². The summed E-state index contributed by atoms with van der Waals surface area (Å²) in [5.41, 5.74) is 4.39. The van der Waals surface area contributed by atoms with Crippen LogP contribution < -0.4 is 5.73 Å². The first kappa shape index (κ1) is 9.64. The minimum atomic E-state index is 0.694. The van der Waals surface area contributed by atoms with Crippen LogP contribution in [-0.4, -0.2) is 6.34 Å². The lowest BCUT2D eigenvalue weighted by Crippen LogP contribution is -1.81. The Morgan fingerprint density at radius 2 is 1.67 bits per heavy atom. The standard InChI is InChI=1S/CH4N2.Cl2S/c2-1-3;1-3-2/h1H,(H3,2,3);. The molecular formula is CH4Cl2N2S. The van der Waals surface area contributed by atoms with Gasteiger partial charge in [0.25, 0.3) is 0 Å².